The molecule has 150 valence electrons. The van der Waals surface area contributed by atoms with E-state index >= 15 is 0 Å². The number of nitrogens with one attached hydrogen (secondary N) is 1. The number of aromatic amines is 1. The summed E-state index contributed by atoms with van der Waals surface area (Å²) in [7, 11) is 0. The van der Waals surface area contributed by atoms with Crippen molar-refractivity contribution >= 4 is 17.6 Å². The van der Waals surface area contributed by atoms with E-state index in [4.69, 9.17) is 0 Å². The average molecular weight is 385 g/mol. The van der Waals surface area contributed by atoms with E-state index in [1.807, 2.05) is 4.90 Å². The Labute approximate surface area is 164 Å². The van der Waals surface area contributed by atoms with Gasteiger partial charge in [-0.05, 0) is 51.5 Å². The Balaban J connectivity index is 1.59. The van der Waals surface area contributed by atoms with Crippen LogP contribution in [-0.2, 0) is 4.79 Å². The molecule has 1 aliphatic carbocycles. The summed E-state index contributed by atoms with van der Waals surface area (Å²) in [4.78, 5) is 56.5. The molecule has 0 unspecified atom stereocenters. The van der Waals surface area contributed by atoms with E-state index in [1.54, 1.807) is 11.8 Å². The zero-order valence-electron chi connectivity index (χ0n) is 16.5. The van der Waals surface area contributed by atoms with Crippen LogP contribution in [-0.4, -0.2) is 58.1 Å². The van der Waals surface area contributed by atoms with Gasteiger partial charge in [-0.2, -0.15) is 0 Å². The van der Waals surface area contributed by atoms with Gasteiger partial charge in [-0.3, -0.25) is 19.2 Å². The van der Waals surface area contributed by atoms with Crippen LogP contribution in [0.1, 0.15) is 65.4 Å². The summed E-state index contributed by atoms with van der Waals surface area (Å²) in [6.07, 6.45) is 5.28. The molecule has 1 saturated carbocycles. The topological polar surface area (TPSA) is 90.6 Å². The molecular formula is C21H27N3O4. The Kier molecular flexibility index (Phi) is 4.85. The Morgan fingerprint density at radius 1 is 1.11 bits per heavy atom. The Morgan fingerprint density at radius 2 is 1.86 bits per heavy atom. The molecule has 1 aromatic rings. The van der Waals surface area contributed by atoms with Gasteiger partial charge >= 0.3 is 0 Å². The van der Waals surface area contributed by atoms with E-state index in [9.17, 15) is 19.2 Å². The number of aryl methyl sites for hydroxylation is 1. The van der Waals surface area contributed by atoms with Crippen LogP contribution in [0.25, 0.3) is 0 Å². The van der Waals surface area contributed by atoms with Gasteiger partial charge in [-0.25, -0.2) is 0 Å². The molecule has 0 radical (unpaired) electrons. The number of nitrogens with zero attached hydrogens (tertiary/aromatic N) is 2. The highest BCUT2D eigenvalue weighted by Gasteiger charge is 2.43. The van der Waals surface area contributed by atoms with Gasteiger partial charge < -0.3 is 14.8 Å². The smallest absolute Gasteiger partial charge is 0.261 e. The maximum Gasteiger partial charge on any atom is 0.261 e. The monoisotopic (exact) mass is 385 g/mol. The molecule has 3 aliphatic heterocycles. The molecular weight excluding hydrogens is 358 g/mol. The maximum absolute atomic E-state index is 13.1. The van der Waals surface area contributed by atoms with Gasteiger partial charge in [0.25, 0.3) is 11.5 Å². The van der Waals surface area contributed by atoms with Crippen molar-refractivity contribution in [1.29, 1.82) is 0 Å². The summed E-state index contributed by atoms with van der Waals surface area (Å²) in [6, 6.07) is 1.42. The Morgan fingerprint density at radius 3 is 2.50 bits per heavy atom. The first-order chi connectivity index (χ1) is 13.3. The van der Waals surface area contributed by atoms with Crippen LogP contribution in [0.5, 0.6) is 0 Å². The largest absolute Gasteiger partial charge is 0.337 e. The minimum Gasteiger partial charge on any atom is -0.337 e. The van der Waals surface area contributed by atoms with Crippen LogP contribution < -0.4 is 5.56 Å². The van der Waals surface area contributed by atoms with Crippen molar-refractivity contribution in [2.45, 2.75) is 52.0 Å². The van der Waals surface area contributed by atoms with Crippen molar-refractivity contribution in [2.75, 3.05) is 19.6 Å². The molecule has 0 aromatic carbocycles. The highest BCUT2D eigenvalue weighted by Crippen LogP contribution is 2.34. The molecule has 2 amide bonds. The van der Waals surface area contributed by atoms with Crippen LogP contribution in [0.4, 0.5) is 0 Å². The summed E-state index contributed by atoms with van der Waals surface area (Å²) in [5.74, 6) is -0.0367. The molecule has 2 bridgehead atoms. The number of hydrogen-bond acceptors (Lipinski definition) is 4. The third kappa shape index (κ3) is 3.27. The first-order valence-electron chi connectivity index (χ1n) is 10.2. The lowest BCUT2D eigenvalue weighted by atomic mass is 9.83. The van der Waals surface area contributed by atoms with Gasteiger partial charge in [0.15, 0.2) is 5.78 Å². The molecule has 0 spiro atoms. The number of piperidine rings is 1. The van der Waals surface area contributed by atoms with E-state index in [0.717, 1.165) is 19.4 Å². The van der Waals surface area contributed by atoms with E-state index in [1.165, 1.54) is 32.3 Å². The van der Waals surface area contributed by atoms with E-state index < -0.39 is 5.56 Å². The van der Waals surface area contributed by atoms with Gasteiger partial charge in [-0.1, -0.05) is 6.42 Å². The number of rotatable bonds is 4. The Hall–Kier alpha value is -2.44. The number of fused-ring (bicyclic) bond motifs is 4. The van der Waals surface area contributed by atoms with Crippen molar-refractivity contribution in [3.8, 4) is 0 Å². The van der Waals surface area contributed by atoms with E-state index in [-0.39, 0.29) is 35.1 Å². The zero-order valence-corrected chi connectivity index (χ0v) is 16.5. The van der Waals surface area contributed by atoms with Gasteiger partial charge in [0.1, 0.15) is 5.56 Å². The third-order valence-corrected chi connectivity index (χ3v) is 6.61. The molecule has 7 heteroatoms. The molecule has 7 nitrogen and oxygen atoms in total. The van der Waals surface area contributed by atoms with E-state index in [2.05, 4.69) is 4.98 Å². The quantitative estimate of drug-likeness (QED) is 0.800. The molecule has 1 aromatic heterocycles. The van der Waals surface area contributed by atoms with Crippen LogP contribution in [0, 0.1) is 18.8 Å². The standard InChI is InChI=1S/C21H27N3O4/c1-12-17(13(2)25)8-18(19(26)22-12)21(28)23-10-15-6-7-16(11-23)24(20(15)27)9-14-4-3-5-14/h8,14-16H,3-7,9-11H2,1-2H3,(H,22,26)/t15-,16+/m0/s1. The molecule has 1 N–H and O–H groups in total. The van der Waals surface area contributed by atoms with Crippen molar-refractivity contribution in [1.82, 2.24) is 14.8 Å². The van der Waals surface area contributed by atoms with Crippen molar-refractivity contribution in [3.05, 3.63) is 33.2 Å². The lowest BCUT2D eigenvalue weighted by Crippen LogP contribution is -2.50. The SMILES string of the molecule is CC(=O)c1cc(C(=O)N2C[C@@H]3CC[C@H](C2)N(CC2CCC2)C3=O)c(=O)[nH]c1C. The first-order valence-corrected chi connectivity index (χ1v) is 10.2. The number of aromatic nitrogens is 1. The summed E-state index contributed by atoms with van der Waals surface area (Å²) >= 11 is 0. The van der Waals surface area contributed by atoms with E-state index in [0.29, 0.717) is 30.3 Å². The number of ketones is 1. The maximum atomic E-state index is 13.1. The second-order valence-electron chi connectivity index (χ2n) is 8.53. The summed E-state index contributed by atoms with van der Waals surface area (Å²) in [6.45, 7) is 4.66. The lowest BCUT2D eigenvalue weighted by Gasteiger charge is -2.40. The van der Waals surface area contributed by atoms with Crippen molar-refractivity contribution in [2.24, 2.45) is 11.8 Å². The fraction of sp³-hybridized carbons (Fsp3) is 0.619. The predicted molar refractivity (Wildman–Crippen MR) is 103 cm³/mol. The van der Waals surface area contributed by atoms with Crippen LogP contribution in [0.15, 0.2) is 10.9 Å². The molecule has 4 fully saturated rings. The molecule has 4 heterocycles. The number of carbonyl (C=O) groups excluding carboxylic acids is 3. The minimum absolute atomic E-state index is 0.0184. The second kappa shape index (κ2) is 7.18. The number of pyridine rings is 1. The first kappa shape index (κ1) is 18.9. The predicted octanol–water partition coefficient (Wildman–Crippen LogP) is 1.75. The molecule has 2 atom stereocenters. The summed E-state index contributed by atoms with van der Waals surface area (Å²) in [5.41, 5.74) is 0.312. The third-order valence-electron chi connectivity index (χ3n) is 6.61. The van der Waals surface area contributed by atoms with Crippen LogP contribution >= 0.6 is 0 Å². The zero-order chi connectivity index (χ0) is 20.0. The van der Waals surface area contributed by atoms with Crippen LogP contribution in [0.3, 0.4) is 0 Å². The van der Waals surface area contributed by atoms with Gasteiger partial charge in [0.05, 0.1) is 5.92 Å². The lowest BCUT2D eigenvalue weighted by molar-refractivity contribution is -0.141. The number of hydrogen-bond donors (Lipinski definition) is 1. The highest BCUT2D eigenvalue weighted by atomic mass is 16.2. The number of Topliss-reactive ketones (excluding diaryl/α,β-unsaturated/α-hetero) is 1. The minimum atomic E-state index is -0.484. The van der Waals surface area contributed by atoms with Gasteiger partial charge in [0, 0.05) is 36.9 Å². The molecule has 28 heavy (non-hydrogen) atoms. The molecule has 5 rings (SSSR count). The Bertz CT molecular complexity index is 886. The fourth-order valence-corrected chi connectivity index (χ4v) is 4.72. The number of carbonyl (C=O) groups is 3. The van der Waals surface area contributed by atoms with Crippen molar-refractivity contribution in [3.63, 3.8) is 0 Å². The summed E-state index contributed by atoms with van der Waals surface area (Å²) < 4.78 is 0. The molecule has 3 saturated heterocycles. The highest BCUT2D eigenvalue weighted by molar-refractivity contribution is 6.00. The van der Waals surface area contributed by atoms with Gasteiger partial charge in [0.2, 0.25) is 5.91 Å². The normalized spacial score (nSPS) is 24.9. The van der Waals surface area contributed by atoms with Crippen molar-refractivity contribution < 1.29 is 14.4 Å². The number of H-pyrrole nitrogens is 1. The van der Waals surface area contributed by atoms with Gasteiger partial charge in [-0.15, -0.1) is 0 Å². The van der Waals surface area contributed by atoms with Crippen LogP contribution in [0.2, 0.25) is 0 Å². The fourth-order valence-electron chi connectivity index (χ4n) is 4.72. The number of amides is 2. The second-order valence-corrected chi connectivity index (χ2v) is 8.53. The average Bonchev–Trinajstić information content (AvgIpc) is 2.89. The summed E-state index contributed by atoms with van der Waals surface area (Å²) in [5, 5.41) is 0. The molecule has 4 aliphatic rings.